The molecule has 1 N–H and O–H groups in total. The van der Waals surface area contributed by atoms with Crippen LogP contribution in [0, 0.1) is 23.5 Å². The Kier molecular flexibility index (Phi) is 16.8. The summed E-state index contributed by atoms with van der Waals surface area (Å²) in [5.74, 6) is 0.397. The number of aliphatic hydroxyl groups excluding tert-OH is 1. The van der Waals surface area contributed by atoms with Crippen LogP contribution in [0.3, 0.4) is 0 Å². The van der Waals surface area contributed by atoms with Crippen LogP contribution in [0.2, 0.25) is 0 Å². The van der Waals surface area contributed by atoms with Gasteiger partial charge in [0.05, 0.1) is 54.9 Å². The number of alkyl halides is 4. The molecule has 8 aromatic rings. The summed E-state index contributed by atoms with van der Waals surface area (Å²) in [6.07, 6.45) is 2.35. The molecule has 2 aliphatic rings. The lowest BCUT2D eigenvalue weighted by Crippen LogP contribution is -2.13. The number of halogens is 6. The Morgan fingerprint density at radius 3 is 1.68 bits per heavy atom. The molecule has 0 radical (unpaired) electrons. The van der Waals surface area contributed by atoms with Gasteiger partial charge in [0.1, 0.15) is 40.5 Å². The van der Waals surface area contributed by atoms with Gasteiger partial charge in [0.15, 0.2) is 6.29 Å². The minimum absolute atomic E-state index is 0.0758. The Morgan fingerprint density at radius 2 is 1.17 bits per heavy atom. The van der Waals surface area contributed by atoms with E-state index in [9.17, 15) is 36.2 Å². The van der Waals surface area contributed by atoms with Crippen molar-refractivity contribution in [3.63, 3.8) is 0 Å². The quantitative estimate of drug-likeness (QED) is 0.0612. The van der Waals surface area contributed by atoms with Crippen molar-refractivity contribution in [2.24, 2.45) is 11.8 Å². The van der Waals surface area contributed by atoms with E-state index in [1.807, 2.05) is 60.7 Å². The molecule has 4 aromatic carbocycles. The average Bonchev–Trinajstić information content (AvgIpc) is 4.07. The minimum Gasteiger partial charge on any atom is -0.380 e. The molecule has 2 saturated carbocycles. The molecule has 0 saturated heterocycles. The third-order valence-corrected chi connectivity index (χ3v) is 11.9. The average molecular weight is 995 g/mol. The first-order valence-electron chi connectivity index (χ1n) is 23.4. The number of aromatic nitrogens is 10. The zero-order valence-electron chi connectivity index (χ0n) is 39.3. The van der Waals surface area contributed by atoms with E-state index in [0.29, 0.717) is 47.3 Å². The lowest BCUT2D eigenvalue weighted by molar-refractivity contribution is 0.0521. The number of aliphatic hydroxyl groups is 1. The third-order valence-electron chi connectivity index (χ3n) is 11.9. The number of rotatable bonds is 19. The molecule has 14 nitrogen and oxygen atoms in total. The highest BCUT2D eigenvalue weighted by Gasteiger charge is 2.28. The van der Waals surface area contributed by atoms with Crippen LogP contribution in [-0.4, -0.2) is 60.9 Å². The van der Waals surface area contributed by atoms with Crippen LogP contribution in [0.1, 0.15) is 126 Å². The summed E-state index contributed by atoms with van der Waals surface area (Å²) >= 11 is 0. The van der Waals surface area contributed by atoms with Crippen LogP contribution in [0.25, 0.3) is 11.4 Å². The van der Waals surface area contributed by atoms with Crippen LogP contribution in [0.4, 0.5) is 26.3 Å². The molecule has 0 aliphatic heterocycles. The van der Waals surface area contributed by atoms with Gasteiger partial charge in [-0.05, 0) is 111 Å². The monoisotopic (exact) mass is 994 g/mol. The zero-order valence-corrected chi connectivity index (χ0v) is 39.3. The maximum Gasteiger partial charge on any atom is 0.282 e. The summed E-state index contributed by atoms with van der Waals surface area (Å²) in [7, 11) is 0. The summed E-state index contributed by atoms with van der Waals surface area (Å²) < 4.78 is 98.6. The number of hydrogen-bond acceptors (Lipinski definition) is 10. The van der Waals surface area contributed by atoms with Crippen molar-refractivity contribution in [1.82, 2.24) is 49.5 Å². The molecular formula is C52H52F6N10O4. The van der Waals surface area contributed by atoms with Crippen molar-refractivity contribution in [3.8, 4) is 11.4 Å². The summed E-state index contributed by atoms with van der Waals surface area (Å²) in [4.78, 5) is 10.2. The van der Waals surface area contributed by atoms with Crippen LogP contribution >= 0.6 is 0 Å². The molecule has 10 rings (SSSR count). The summed E-state index contributed by atoms with van der Waals surface area (Å²) in [5.41, 5.74) is 3.58. The third kappa shape index (κ3) is 13.8. The Labute approximate surface area is 410 Å². The van der Waals surface area contributed by atoms with Gasteiger partial charge in [-0.3, -0.25) is 14.2 Å². The normalized spacial score (nSPS) is 14.6. The highest BCUT2D eigenvalue weighted by Crippen LogP contribution is 2.34. The largest absolute Gasteiger partial charge is 0.380 e. The van der Waals surface area contributed by atoms with Gasteiger partial charge in [0, 0.05) is 30.4 Å². The second-order valence-corrected chi connectivity index (χ2v) is 17.6. The Balaban J connectivity index is 0.000000165. The van der Waals surface area contributed by atoms with E-state index >= 15 is 0 Å². The number of carbonyl (C=O) groups is 1. The summed E-state index contributed by atoms with van der Waals surface area (Å²) in [5, 5.41) is 34.6. The fourth-order valence-corrected chi connectivity index (χ4v) is 7.64. The maximum absolute atomic E-state index is 14.3. The number of nitrogens with zero attached hydrogens (tertiary/aromatic N) is 10. The lowest BCUT2D eigenvalue weighted by Gasteiger charge is -2.20. The fraction of sp³-hybridized carbons (Fsp3) is 0.327. The first-order chi connectivity index (χ1) is 34.8. The van der Waals surface area contributed by atoms with Crippen LogP contribution < -0.4 is 0 Å². The molecule has 4 aromatic heterocycles. The highest BCUT2D eigenvalue weighted by atomic mass is 19.3. The van der Waals surface area contributed by atoms with Crippen LogP contribution in [-0.2, 0) is 35.8 Å². The van der Waals surface area contributed by atoms with E-state index in [1.165, 1.54) is 70.9 Å². The van der Waals surface area contributed by atoms with Gasteiger partial charge in [-0.1, -0.05) is 71.1 Å². The number of benzene rings is 4. The van der Waals surface area contributed by atoms with Gasteiger partial charge >= 0.3 is 0 Å². The van der Waals surface area contributed by atoms with Gasteiger partial charge in [-0.15, -0.1) is 10.2 Å². The molecule has 2 aliphatic carbocycles. The molecule has 72 heavy (non-hydrogen) atoms. The predicted octanol–water partition coefficient (Wildman–Crippen LogP) is 11.0. The van der Waals surface area contributed by atoms with E-state index in [2.05, 4.69) is 30.8 Å². The van der Waals surface area contributed by atoms with Crippen LogP contribution in [0.15, 0.2) is 128 Å². The Hall–Kier alpha value is -7.29. The molecule has 4 heterocycles. The summed E-state index contributed by atoms with van der Waals surface area (Å²) in [6, 6.07) is 29.5. The van der Waals surface area contributed by atoms with Crippen molar-refractivity contribution in [1.29, 1.82) is 0 Å². The summed E-state index contributed by atoms with van der Waals surface area (Å²) in [6.45, 7) is 5.79. The van der Waals surface area contributed by atoms with Gasteiger partial charge in [-0.2, -0.15) is 10.2 Å². The van der Waals surface area contributed by atoms with Gasteiger partial charge in [0.2, 0.25) is 0 Å². The fourth-order valence-electron chi connectivity index (χ4n) is 7.64. The first-order valence-corrected chi connectivity index (χ1v) is 23.4. The molecule has 0 spiro atoms. The topological polar surface area (TPSA) is 153 Å². The smallest absolute Gasteiger partial charge is 0.282 e. The molecule has 3 atom stereocenters. The van der Waals surface area contributed by atoms with E-state index in [0.717, 1.165) is 48.8 Å². The molecule has 2 fully saturated rings. The minimum atomic E-state index is -2.86. The van der Waals surface area contributed by atoms with Crippen molar-refractivity contribution in [2.45, 2.75) is 97.0 Å². The molecule has 376 valence electrons. The van der Waals surface area contributed by atoms with Crippen molar-refractivity contribution < 1.29 is 45.7 Å². The first kappa shape index (κ1) is 51.1. The standard InChI is InChI=1S/C26H26F3N5O2.C19H17F3N2O.C7H9N3O/c1-16(36-15-18-5-3-2-4-6-18)20-11-19(27)9-10-23(20)34-24(12-21(31-34)26(28)29)25(35)22-14-33(32-30-22)13-17-7-8-17;1-13(25-12-14-5-3-2-4-6-14)16-11-15(20)7-8-18(16)24-10-9-17(23-24)19(21)22;11-5-7-4-10(9-8-7)3-6-1-2-6/h2-6,9-12,14,16-17,25-26,35H,7-8,13,15H2,1H3;2-11,13,19H,12H2,1H3;4-6H,1-3H2/t16-,25?;13-;/m11./s1. The van der Waals surface area contributed by atoms with Gasteiger partial charge < -0.3 is 14.6 Å². The maximum atomic E-state index is 14.3. The van der Waals surface area contributed by atoms with E-state index in [-0.39, 0.29) is 23.7 Å². The predicted molar refractivity (Wildman–Crippen MR) is 251 cm³/mol. The number of ether oxygens (including phenoxy) is 2. The number of hydrogen-bond donors (Lipinski definition) is 1. The van der Waals surface area contributed by atoms with E-state index < -0.39 is 48.5 Å². The number of carbonyl (C=O) groups excluding carboxylic acids is 1. The van der Waals surface area contributed by atoms with E-state index in [4.69, 9.17) is 9.47 Å². The highest BCUT2D eigenvalue weighted by molar-refractivity contribution is 5.70. The number of aldehydes is 1. The zero-order chi connectivity index (χ0) is 50.7. The molecule has 0 amide bonds. The second-order valence-electron chi connectivity index (χ2n) is 17.6. The van der Waals surface area contributed by atoms with Gasteiger partial charge in [0.25, 0.3) is 12.9 Å². The second kappa shape index (κ2) is 23.7. The van der Waals surface area contributed by atoms with Crippen molar-refractivity contribution in [2.75, 3.05) is 0 Å². The molecule has 1 unspecified atom stereocenters. The molecular weight excluding hydrogens is 943 g/mol. The van der Waals surface area contributed by atoms with Crippen LogP contribution in [0.5, 0.6) is 0 Å². The lowest BCUT2D eigenvalue weighted by atomic mass is 10.1. The van der Waals surface area contributed by atoms with Crippen molar-refractivity contribution in [3.05, 3.63) is 190 Å². The Morgan fingerprint density at radius 1 is 0.639 bits per heavy atom. The van der Waals surface area contributed by atoms with Crippen molar-refractivity contribution >= 4 is 6.29 Å². The Bertz CT molecular complexity index is 2990. The SMILES string of the molecule is C[C@@H](OCc1ccccc1)c1cc(F)ccc1-n1ccc(C(F)F)n1.C[C@@H](OCc1ccccc1)c1cc(F)ccc1-n1nc(C(F)F)cc1C(O)c1cn(CC2CC2)nn1.O=Cc1cn(CC2CC2)nn1. The molecule has 20 heteroatoms. The van der Waals surface area contributed by atoms with Gasteiger partial charge in [-0.25, -0.2) is 35.7 Å². The van der Waals surface area contributed by atoms with E-state index in [1.54, 1.807) is 35.6 Å². The molecule has 0 bridgehead atoms.